The number of benzene rings is 2. The fraction of sp³-hybridized carbons (Fsp3) is 0.118. The van der Waals surface area contributed by atoms with E-state index in [1.54, 1.807) is 12.1 Å². The highest BCUT2D eigenvalue weighted by molar-refractivity contribution is 6.32. The summed E-state index contributed by atoms with van der Waals surface area (Å²) in [7, 11) is 0. The van der Waals surface area contributed by atoms with Gasteiger partial charge in [0.1, 0.15) is 5.82 Å². The van der Waals surface area contributed by atoms with Crippen molar-refractivity contribution in [3.05, 3.63) is 70.5 Å². The zero-order valence-electron chi connectivity index (χ0n) is 11.6. The number of carbonyl (C=O) groups is 1. The topological polar surface area (TPSA) is 29.1 Å². The molecule has 0 spiro atoms. The average Bonchev–Trinajstić information content (AvgIpc) is 2.47. The summed E-state index contributed by atoms with van der Waals surface area (Å²) < 4.78 is 13.6. The SMILES string of the molecule is CCc1cccc(NC(=O)C=Cc2c(F)cccc2Cl)c1. The minimum Gasteiger partial charge on any atom is -0.323 e. The normalized spacial score (nSPS) is 10.8. The Labute approximate surface area is 128 Å². The lowest BCUT2D eigenvalue weighted by Gasteiger charge is -2.04. The molecule has 0 atom stereocenters. The van der Waals surface area contributed by atoms with Crippen molar-refractivity contribution in [1.29, 1.82) is 0 Å². The molecule has 108 valence electrons. The Kier molecular flexibility index (Phi) is 5.12. The smallest absolute Gasteiger partial charge is 0.248 e. The molecule has 2 aromatic rings. The van der Waals surface area contributed by atoms with Crippen molar-refractivity contribution in [2.45, 2.75) is 13.3 Å². The van der Waals surface area contributed by atoms with Crippen LogP contribution < -0.4 is 5.32 Å². The Morgan fingerprint density at radius 1 is 1.29 bits per heavy atom. The fourth-order valence-electron chi connectivity index (χ4n) is 1.88. The molecule has 1 N–H and O–H groups in total. The molecule has 21 heavy (non-hydrogen) atoms. The predicted molar refractivity (Wildman–Crippen MR) is 84.9 cm³/mol. The predicted octanol–water partition coefficient (Wildman–Crippen LogP) is 4.69. The molecule has 1 amide bonds. The summed E-state index contributed by atoms with van der Waals surface area (Å²) in [6.45, 7) is 2.04. The van der Waals surface area contributed by atoms with Gasteiger partial charge in [-0.05, 0) is 42.3 Å². The summed E-state index contributed by atoms with van der Waals surface area (Å²) in [4.78, 5) is 11.8. The van der Waals surface area contributed by atoms with E-state index in [9.17, 15) is 9.18 Å². The third-order valence-electron chi connectivity index (χ3n) is 3.00. The quantitative estimate of drug-likeness (QED) is 0.815. The van der Waals surface area contributed by atoms with Crippen LogP contribution in [0.3, 0.4) is 0 Å². The number of carbonyl (C=O) groups excluding carboxylic acids is 1. The van der Waals surface area contributed by atoms with Crippen LogP contribution in [0.2, 0.25) is 5.02 Å². The molecule has 0 saturated heterocycles. The van der Waals surface area contributed by atoms with Crippen LogP contribution in [-0.4, -0.2) is 5.91 Å². The van der Waals surface area contributed by atoms with Gasteiger partial charge in [-0.25, -0.2) is 4.39 Å². The first-order chi connectivity index (χ1) is 10.1. The second-order valence-corrected chi connectivity index (χ2v) is 4.92. The lowest BCUT2D eigenvalue weighted by atomic mass is 10.1. The number of rotatable bonds is 4. The average molecular weight is 304 g/mol. The van der Waals surface area contributed by atoms with Crippen LogP contribution >= 0.6 is 11.6 Å². The molecule has 0 aliphatic rings. The Hall–Kier alpha value is -2.13. The van der Waals surface area contributed by atoms with Gasteiger partial charge in [-0.2, -0.15) is 0 Å². The van der Waals surface area contributed by atoms with Crippen molar-refractivity contribution >= 4 is 29.3 Å². The van der Waals surface area contributed by atoms with E-state index in [0.29, 0.717) is 5.69 Å². The molecule has 0 aromatic heterocycles. The van der Waals surface area contributed by atoms with Crippen molar-refractivity contribution in [1.82, 2.24) is 0 Å². The van der Waals surface area contributed by atoms with Gasteiger partial charge in [-0.1, -0.05) is 36.7 Å². The van der Waals surface area contributed by atoms with E-state index in [1.165, 1.54) is 24.3 Å². The number of aryl methyl sites for hydroxylation is 1. The van der Waals surface area contributed by atoms with Gasteiger partial charge in [-0.3, -0.25) is 4.79 Å². The second-order valence-electron chi connectivity index (χ2n) is 4.51. The molecule has 0 saturated carbocycles. The zero-order chi connectivity index (χ0) is 15.2. The maximum atomic E-state index is 13.6. The van der Waals surface area contributed by atoms with Crippen LogP contribution in [0.25, 0.3) is 6.08 Å². The Bertz CT molecular complexity index is 662. The number of nitrogens with one attached hydrogen (secondary N) is 1. The maximum absolute atomic E-state index is 13.6. The number of anilines is 1. The standard InChI is InChI=1S/C17H15ClFNO/c1-2-12-5-3-6-13(11-12)20-17(21)10-9-14-15(18)7-4-8-16(14)19/h3-11H,2H2,1H3,(H,20,21). The monoisotopic (exact) mass is 303 g/mol. The van der Waals surface area contributed by atoms with Crippen molar-refractivity contribution in [2.75, 3.05) is 5.32 Å². The first kappa shape index (κ1) is 15.3. The van der Waals surface area contributed by atoms with Gasteiger partial charge in [0.25, 0.3) is 0 Å². The Morgan fingerprint density at radius 2 is 2.05 bits per heavy atom. The van der Waals surface area contributed by atoms with E-state index in [1.807, 2.05) is 25.1 Å². The fourth-order valence-corrected chi connectivity index (χ4v) is 2.11. The second kappa shape index (κ2) is 7.04. The molecule has 2 nitrogen and oxygen atoms in total. The summed E-state index contributed by atoms with van der Waals surface area (Å²) in [5.74, 6) is -0.790. The molecule has 0 aliphatic heterocycles. The van der Waals surface area contributed by atoms with Crippen LogP contribution in [0.15, 0.2) is 48.5 Å². The van der Waals surface area contributed by atoms with Gasteiger partial charge < -0.3 is 5.32 Å². The molecular formula is C17H15ClFNO. The van der Waals surface area contributed by atoms with E-state index >= 15 is 0 Å². The number of halogens is 2. The highest BCUT2D eigenvalue weighted by atomic mass is 35.5. The summed E-state index contributed by atoms with van der Waals surface area (Å²) in [6.07, 6.45) is 3.53. The van der Waals surface area contributed by atoms with Crippen LogP contribution in [0, 0.1) is 5.82 Å². The van der Waals surface area contributed by atoms with Gasteiger partial charge in [0.2, 0.25) is 5.91 Å². The van der Waals surface area contributed by atoms with Crippen molar-refractivity contribution in [3.63, 3.8) is 0 Å². The molecule has 0 radical (unpaired) electrons. The first-order valence-corrected chi connectivity index (χ1v) is 7.00. The van der Waals surface area contributed by atoms with Crippen LogP contribution in [0.5, 0.6) is 0 Å². The minimum atomic E-state index is -0.459. The van der Waals surface area contributed by atoms with E-state index in [4.69, 9.17) is 11.6 Å². The number of hydrogen-bond donors (Lipinski definition) is 1. The third-order valence-corrected chi connectivity index (χ3v) is 3.33. The third kappa shape index (κ3) is 4.17. The molecule has 2 rings (SSSR count). The summed E-state index contributed by atoms with van der Waals surface area (Å²) in [5, 5.41) is 3.00. The van der Waals surface area contributed by atoms with Crippen molar-refractivity contribution in [2.24, 2.45) is 0 Å². The van der Waals surface area contributed by atoms with E-state index in [0.717, 1.165) is 12.0 Å². The molecule has 0 fully saturated rings. The van der Waals surface area contributed by atoms with E-state index in [2.05, 4.69) is 5.32 Å². The number of hydrogen-bond acceptors (Lipinski definition) is 1. The number of amides is 1. The molecule has 0 heterocycles. The highest BCUT2D eigenvalue weighted by Gasteiger charge is 2.04. The van der Waals surface area contributed by atoms with Gasteiger partial charge in [0.05, 0.1) is 5.02 Å². The summed E-state index contributed by atoms with van der Waals surface area (Å²) in [5.41, 5.74) is 2.05. The van der Waals surface area contributed by atoms with E-state index in [-0.39, 0.29) is 16.5 Å². The lowest BCUT2D eigenvalue weighted by Crippen LogP contribution is -2.07. The highest BCUT2D eigenvalue weighted by Crippen LogP contribution is 2.20. The van der Waals surface area contributed by atoms with Gasteiger partial charge in [0.15, 0.2) is 0 Å². The Balaban J connectivity index is 2.09. The van der Waals surface area contributed by atoms with Crippen molar-refractivity contribution < 1.29 is 9.18 Å². The largest absolute Gasteiger partial charge is 0.323 e. The minimum absolute atomic E-state index is 0.205. The van der Waals surface area contributed by atoms with Crippen LogP contribution in [0.4, 0.5) is 10.1 Å². The van der Waals surface area contributed by atoms with Crippen molar-refractivity contribution in [3.8, 4) is 0 Å². The molecule has 0 aliphatic carbocycles. The summed E-state index contributed by atoms with van der Waals surface area (Å²) in [6, 6.07) is 12.0. The first-order valence-electron chi connectivity index (χ1n) is 6.62. The molecule has 4 heteroatoms. The van der Waals surface area contributed by atoms with Gasteiger partial charge in [-0.15, -0.1) is 0 Å². The van der Waals surface area contributed by atoms with Crippen LogP contribution in [0.1, 0.15) is 18.1 Å². The van der Waals surface area contributed by atoms with Gasteiger partial charge >= 0.3 is 0 Å². The van der Waals surface area contributed by atoms with Gasteiger partial charge in [0, 0.05) is 17.3 Å². The Morgan fingerprint density at radius 3 is 2.76 bits per heavy atom. The molecule has 0 unspecified atom stereocenters. The van der Waals surface area contributed by atoms with Crippen LogP contribution in [-0.2, 0) is 11.2 Å². The molecule has 2 aromatic carbocycles. The van der Waals surface area contributed by atoms with E-state index < -0.39 is 5.82 Å². The molecular weight excluding hydrogens is 289 g/mol. The zero-order valence-corrected chi connectivity index (χ0v) is 12.3. The lowest BCUT2D eigenvalue weighted by molar-refractivity contribution is -0.111. The summed E-state index contributed by atoms with van der Waals surface area (Å²) >= 11 is 5.89. The molecule has 0 bridgehead atoms. The maximum Gasteiger partial charge on any atom is 0.248 e.